The third-order valence-corrected chi connectivity index (χ3v) is 4.92. The molecule has 2 aromatic heterocycles. The molecule has 1 aromatic carbocycles. The molecule has 162 valence electrons. The first-order valence-electron chi connectivity index (χ1n) is 10.3. The third-order valence-electron chi connectivity index (χ3n) is 4.92. The number of methoxy groups -OCH3 is 1. The maximum atomic E-state index is 12.3. The van der Waals surface area contributed by atoms with E-state index in [4.69, 9.17) is 14.5 Å². The summed E-state index contributed by atoms with van der Waals surface area (Å²) in [6.07, 6.45) is 4.39. The van der Waals surface area contributed by atoms with Crippen LogP contribution in [0.15, 0.2) is 48.7 Å². The van der Waals surface area contributed by atoms with Gasteiger partial charge in [0.2, 0.25) is 5.95 Å². The van der Waals surface area contributed by atoms with Crippen LogP contribution in [0.25, 0.3) is 11.2 Å². The molecular formula is C23H27N5O3. The first-order chi connectivity index (χ1) is 14.8. The van der Waals surface area contributed by atoms with Crippen molar-refractivity contribution in [2.45, 2.75) is 32.8 Å². The highest BCUT2D eigenvalue weighted by Gasteiger charge is 2.24. The van der Waals surface area contributed by atoms with Crippen molar-refractivity contribution in [2.75, 3.05) is 25.5 Å². The molecule has 8 nitrogen and oxygen atoms in total. The summed E-state index contributed by atoms with van der Waals surface area (Å²) in [5.41, 5.74) is 3.32. The van der Waals surface area contributed by atoms with E-state index < -0.39 is 5.60 Å². The van der Waals surface area contributed by atoms with Crippen LogP contribution in [-0.4, -0.2) is 51.4 Å². The van der Waals surface area contributed by atoms with E-state index >= 15 is 0 Å². The van der Waals surface area contributed by atoms with Crippen LogP contribution >= 0.6 is 0 Å². The highest BCUT2D eigenvalue weighted by molar-refractivity contribution is 5.79. The van der Waals surface area contributed by atoms with Crippen LogP contribution in [0.5, 0.6) is 5.75 Å². The Morgan fingerprint density at radius 3 is 2.58 bits per heavy atom. The van der Waals surface area contributed by atoms with Gasteiger partial charge in [0, 0.05) is 30.5 Å². The van der Waals surface area contributed by atoms with Crippen molar-refractivity contribution in [2.24, 2.45) is 0 Å². The standard InChI is InChI=1S/C23H27N5O3/c1-23(2,3)31-22(29)27-14-11-16(12-15-27)19-6-5-13-28-20(19)25-21(26-28)24-17-7-9-18(30-4)10-8-17/h5-11,13H,12,14-15H2,1-4H3,(H,24,26). The van der Waals surface area contributed by atoms with Crippen LogP contribution in [0.4, 0.5) is 16.4 Å². The fourth-order valence-corrected chi connectivity index (χ4v) is 3.42. The molecule has 3 heterocycles. The Bertz CT molecular complexity index is 1110. The topological polar surface area (TPSA) is 81.0 Å². The smallest absolute Gasteiger partial charge is 0.410 e. The van der Waals surface area contributed by atoms with Gasteiger partial charge in [-0.25, -0.2) is 9.31 Å². The van der Waals surface area contributed by atoms with Crippen molar-refractivity contribution >= 4 is 28.9 Å². The number of ether oxygens (including phenoxy) is 2. The van der Waals surface area contributed by atoms with Crippen molar-refractivity contribution in [3.05, 3.63) is 54.2 Å². The van der Waals surface area contributed by atoms with Crippen LogP contribution in [0.2, 0.25) is 0 Å². The average Bonchev–Trinajstić information content (AvgIpc) is 3.15. The summed E-state index contributed by atoms with van der Waals surface area (Å²) in [5, 5.41) is 7.77. The van der Waals surface area contributed by atoms with E-state index in [1.54, 1.807) is 16.5 Å². The molecule has 8 heteroatoms. The minimum absolute atomic E-state index is 0.283. The summed E-state index contributed by atoms with van der Waals surface area (Å²) in [7, 11) is 1.64. The van der Waals surface area contributed by atoms with E-state index in [1.165, 1.54) is 0 Å². The molecule has 0 saturated heterocycles. The summed E-state index contributed by atoms with van der Waals surface area (Å²) in [4.78, 5) is 18.7. The number of benzene rings is 1. The Morgan fingerprint density at radius 2 is 1.94 bits per heavy atom. The normalized spacial score (nSPS) is 14.3. The van der Waals surface area contributed by atoms with Crippen LogP contribution in [0, 0.1) is 0 Å². The summed E-state index contributed by atoms with van der Waals surface area (Å²) in [5.74, 6) is 1.31. The van der Waals surface area contributed by atoms with E-state index in [0.29, 0.717) is 19.0 Å². The van der Waals surface area contributed by atoms with Crippen LogP contribution in [0.1, 0.15) is 32.8 Å². The second-order valence-corrected chi connectivity index (χ2v) is 8.38. The number of rotatable bonds is 4. The molecule has 0 aliphatic carbocycles. The predicted octanol–water partition coefficient (Wildman–Crippen LogP) is 4.51. The quantitative estimate of drug-likeness (QED) is 0.668. The number of nitrogens with one attached hydrogen (secondary N) is 1. The van der Waals surface area contributed by atoms with Crippen molar-refractivity contribution in [1.82, 2.24) is 19.5 Å². The molecule has 4 rings (SSSR count). The third kappa shape index (κ3) is 4.79. The maximum Gasteiger partial charge on any atom is 0.410 e. The maximum absolute atomic E-state index is 12.3. The molecule has 0 spiro atoms. The number of carbonyl (C=O) groups excluding carboxylic acids is 1. The van der Waals surface area contributed by atoms with Gasteiger partial charge in [-0.2, -0.15) is 4.98 Å². The van der Waals surface area contributed by atoms with E-state index in [-0.39, 0.29) is 6.09 Å². The highest BCUT2D eigenvalue weighted by atomic mass is 16.6. The number of fused-ring (bicyclic) bond motifs is 1. The van der Waals surface area contributed by atoms with Crippen LogP contribution < -0.4 is 10.1 Å². The number of amides is 1. The lowest BCUT2D eigenvalue weighted by Gasteiger charge is -2.29. The molecule has 1 aliphatic rings. The molecule has 0 atom stereocenters. The van der Waals surface area contributed by atoms with Gasteiger partial charge in [0.25, 0.3) is 0 Å². The van der Waals surface area contributed by atoms with E-state index in [9.17, 15) is 4.79 Å². The summed E-state index contributed by atoms with van der Waals surface area (Å²) >= 11 is 0. The van der Waals surface area contributed by atoms with E-state index in [0.717, 1.165) is 34.6 Å². The molecule has 1 aliphatic heterocycles. The molecule has 0 fully saturated rings. The van der Waals surface area contributed by atoms with E-state index in [2.05, 4.69) is 16.5 Å². The Hall–Kier alpha value is -3.55. The Labute approximate surface area is 181 Å². The summed E-state index contributed by atoms with van der Waals surface area (Å²) < 4.78 is 12.4. The number of nitrogens with zero attached hydrogens (tertiary/aromatic N) is 4. The zero-order valence-electron chi connectivity index (χ0n) is 18.3. The van der Waals surface area contributed by atoms with E-state index in [1.807, 2.05) is 63.4 Å². The van der Waals surface area contributed by atoms with Crippen molar-refractivity contribution in [3.63, 3.8) is 0 Å². The number of carbonyl (C=O) groups is 1. The van der Waals surface area contributed by atoms with Gasteiger partial charge >= 0.3 is 6.09 Å². The minimum atomic E-state index is -0.499. The molecule has 0 unspecified atom stereocenters. The lowest BCUT2D eigenvalue weighted by Crippen LogP contribution is -2.39. The fraction of sp³-hybridized carbons (Fsp3) is 0.348. The number of aromatic nitrogens is 3. The second kappa shape index (κ2) is 8.29. The number of hydrogen-bond donors (Lipinski definition) is 1. The number of hydrogen-bond acceptors (Lipinski definition) is 6. The van der Waals surface area contributed by atoms with Gasteiger partial charge < -0.3 is 19.7 Å². The van der Waals surface area contributed by atoms with Crippen LogP contribution in [-0.2, 0) is 4.74 Å². The van der Waals surface area contributed by atoms with Gasteiger partial charge in [0.15, 0.2) is 5.65 Å². The molecule has 0 radical (unpaired) electrons. The van der Waals surface area contributed by atoms with Crippen molar-refractivity contribution in [3.8, 4) is 5.75 Å². The van der Waals surface area contributed by atoms with Gasteiger partial charge in [-0.1, -0.05) is 6.08 Å². The van der Waals surface area contributed by atoms with Crippen molar-refractivity contribution in [1.29, 1.82) is 0 Å². The monoisotopic (exact) mass is 421 g/mol. The second-order valence-electron chi connectivity index (χ2n) is 8.38. The fourth-order valence-electron chi connectivity index (χ4n) is 3.42. The molecule has 31 heavy (non-hydrogen) atoms. The number of anilines is 2. The predicted molar refractivity (Wildman–Crippen MR) is 120 cm³/mol. The molecular weight excluding hydrogens is 394 g/mol. The minimum Gasteiger partial charge on any atom is -0.497 e. The number of pyridine rings is 1. The van der Waals surface area contributed by atoms with Gasteiger partial charge in [-0.3, -0.25) is 0 Å². The van der Waals surface area contributed by atoms with Gasteiger partial charge in [-0.05, 0) is 69.2 Å². The largest absolute Gasteiger partial charge is 0.497 e. The first kappa shape index (κ1) is 20.7. The van der Waals surface area contributed by atoms with Gasteiger partial charge in [-0.15, -0.1) is 5.10 Å². The van der Waals surface area contributed by atoms with Gasteiger partial charge in [0.05, 0.1) is 7.11 Å². The molecule has 0 bridgehead atoms. The van der Waals surface area contributed by atoms with Crippen molar-refractivity contribution < 1.29 is 14.3 Å². The Balaban J connectivity index is 1.52. The zero-order chi connectivity index (χ0) is 22.0. The zero-order valence-corrected chi connectivity index (χ0v) is 18.3. The molecule has 1 N–H and O–H groups in total. The first-order valence-corrected chi connectivity index (χ1v) is 10.3. The summed E-state index contributed by atoms with van der Waals surface area (Å²) in [6, 6.07) is 11.6. The lowest BCUT2D eigenvalue weighted by atomic mass is 10.0. The molecule has 3 aromatic rings. The lowest BCUT2D eigenvalue weighted by molar-refractivity contribution is 0.0270. The summed E-state index contributed by atoms with van der Waals surface area (Å²) in [6.45, 7) is 6.74. The highest BCUT2D eigenvalue weighted by Crippen LogP contribution is 2.27. The Kier molecular flexibility index (Phi) is 5.54. The Morgan fingerprint density at radius 1 is 1.16 bits per heavy atom. The molecule has 1 amide bonds. The SMILES string of the molecule is COc1ccc(Nc2nc3c(C4=CCN(C(=O)OC(C)(C)C)CC4)cccn3n2)cc1. The van der Waals surface area contributed by atoms with Gasteiger partial charge in [0.1, 0.15) is 11.4 Å². The molecule has 0 saturated carbocycles. The van der Waals surface area contributed by atoms with Crippen LogP contribution in [0.3, 0.4) is 0 Å². The average molecular weight is 422 g/mol.